The van der Waals surface area contributed by atoms with Crippen molar-refractivity contribution in [1.29, 1.82) is 0 Å². The van der Waals surface area contributed by atoms with E-state index in [0.29, 0.717) is 5.41 Å². The molecule has 35 heavy (non-hydrogen) atoms. The molecule has 4 aliphatic rings. The topological polar surface area (TPSA) is 63.6 Å². The van der Waals surface area contributed by atoms with E-state index in [-0.39, 0.29) is 30.3 Å². The summed E-state index contributed by atoms with van der Waals surface area (Å²) in [5, 5.41) is 8.83. The number of fused-ring (bicyclic) bond motifs is 5. The molecule has 0 saturated heterocycles. The van der Waals surface area contributed by atoms with Gasteiger partial charge in [-0.2, -0.15) is 0 Å². The van der Waals surface area contributed by atoms with Crippen LogP contribution in [0.5, 0.6) is 0 Å². The van der Waals surface area contributed by atoms with Crippen molar-refractivity contribution in [2.75, 3.05) is 0 Å². The fraction of sp³-hybridized carbons (Fsp3) is 0.871. The van der Waals surface area contributed by atoms with Crippen molar-refractivity contribution >= 4 is 11.9 Å². The minimum Gasteiger partial charge on any atom is -0.481 e. The standard InChI is InChI=1S/C31H50O4/c1-20(2)7-6-8-21(3)25-11-12-26-24-10-9-22-19-23(35-29(34)14-13-28(32)33)15-17-30(22,4)27(24)16-18-31(25,26)5/h19-21,23-27H,6-18H2,1-5H3,(H,32,33)/t21-,23+,24+,25-,26+,27+,30+,31-/m1/s1. The number of hydrogen-bond donors (Lipinski definition) is 1. The number of carbonyl (C=O) groups excluding carboxylic acids is 1. The van der Waals surface area contributed by atoms with Crippen LogP contribution >= 0.6 is 0 Å². The summed E-state index contributed by atoms with van der Waals surface area (Å²) in [4.78, 5) is 22.9. The van der Waals surface area contributed by atoms with Gasteiger partial charge in [0.1, 0.15) is 6.10 Å². The second kappa shape index (κ2) is 10.6. The van der Waals surface area contributed by atoms with Gasteiger partial charge in [-0.15, -0.1) is 0 Å². The Balaban J connectivity index is 1.41. The van der Waals surface area contributed by atoms with E-state index in [1.165, 1.54) is 56.9 Å². The van der Waals surface area contributed by atoms with E-state index in [1.807, 2.05) is 0 Å². The Hall–Kier alpha value is -1.32. The zero-order chi connectivity index (χ0) is 25.4. The van der Waals surface area contributed by atoms with Gasteiger partial charge in [0.2, 0.25) is 0 Å². The Morgan fingerprint density at radius 1 is 1.00 bits per heavy atom. The first-order valence-corrected chi connectivity index (χ1v) is 14.7. The zero-order valence-corrected chi connectivity index (χ0v) is 23.0. The molecule has 3 fully saturated rings. The minimum atomic E-state index is -0.946. The Morgan fingerprint density at radius 3 is 2.49 bits per heavy atom. The second-order valence-corrected chi connectivity index (χ2v) is 13.5. The highest BCUT2D eigenvalue weighted by Crippen LogP contribution is 2.67. The van der Waals surface area contributed by atoms with E-state index in [2.05, 4.69) is 40.7 Å². The molecule has 4 aliphatic carbocycles. The van der Waals surface area contributed by atoms with Crippen LogP contribution in [0.3, 0.4) is 0 Å². The zero-order valence-electron chi connectivity index (χ0n) is 23.0. The van der Waals surface area contributed by atoms with Crippen molar-refractivity contribution in [1.82, 2.24) is 0 Å². The van der Waals surface area contributed by atoms with Crippen molar-refractivity contribution in [3.63, 3.8) is 0 Å². The molecule has 3 saturated carbocycles. The van der Waals surface area contributed by atoms with Gasteiger partial charge in [0.05, 0.1) is 12.8 Å². The largest absolute Gasteiger partial charge is 0.481 e. The molecule has 0 unspecified atom stereocenters. The molecule has 0 bridgehead atoms. The second-order valence-electron chi connectivity index (χ2n) is 13.5. The number of hydrogen-bond acceptors (Lipinski definition) is 3. The third-order valence-electron chi connectivity index (χ3n) is 11.1. The monoisotopic (exact) mass is 486 g/mol. The average Bonchev–Trinajstić information content (AvgIpc) is 3.15. The van der Waals surface area contributed by atoms with Gasteiger partial charge < -0.3 is 9.84 Å². The highest BCUT2D eigenvalue weighted by molar-refractivity contribution is 5.76. The van der Waals surface area contributed by atoms with Crippen molar-refractivity contribution < 1.29 is 19.4 Å². The summed E-state index contributed by atoms with van der Waals surface area (Å²) in [6, 6.07) is 0. The van der Waals surface area contributed by atoms with Crippen LogP contribution in [0, 0.1) is 46.3 Å². The lowest BCUT2D eigenvalue weighted by molar-refractivity contribution is -0.151. The SMILES string of the molecule is CC(C)CCC[C@@H](C)[C@H]1CC[C@H]2[C@@H]3CCC4=C[C@@H](OC(=O)CCC(=O)O)CC[C@]4(C)[C@H]3CC[C@]12C. The van der Waals surface area contributed by atoms with Gasteiger partial charge in [0.25, 0.3) is 0 Å². The Kier molecular flexibility index (Phi) is 8.08. The number of rotatable bonds is 9. The van der Waals surface area contributed by atoms with Gasteiger partial charge in [0.15, 0.2) is 0 Å². The van der Waals surface area contributed by atoms with Crippen LogP contribution in [0.2, 0.25) is 0 Å². The number of allylic oxidation sites excluding steroid dienone is 1. The van der Waals surface area contributed by atoms with Crippen LogP contribution in [-0.4, -0.2) is 23.1 Å². The molecule has 198 valence electrons. The molecule has 0 aromatic heterocycles. The Bertz CT molecular complexity index is 815. The molecule has 0 amide bonds. The fourth-order valence-electron chi connectivity index (χ4n) is 9.25. The molecular formula is C31H50O4. The van der Waals surface area contributed by atoms with E-state index in [0.717, 1.165) is 54.8 Å². The normalized spacial score (nSPS) is 39.3. The van der Waals surface area contributed by atoms with Gasteiger partial charge in [0, 0.05) is 0 Å². The van der Waals surface area contributed by atoms with Crippen LogP contribution in [0.15, 0.2) is 11.6 Å². The molecule has 4 rings (SSSR count). The van der Waals surface area contributed by atoms with Gasteiger partial charge in [-0.05, 0) is 104 Å². The van der Waals surface area contributed by atoms with Crippen molar-refractivity contribution in [3.05, 3.63) is 11.6 Å². The number of esters is 1. The summed E-state index contributed by atoms with van der Waals surface area (Å²) in [6.45, 7) is 12.4. The summed E-state index contributed by atoms with van der Waals surface area (Å²) in [7, 11) is 0. The van der Waals surface area contributed by atoms with E-state index in [1.54, 1.807) is 0 Å². The van der Waals surface area contributed by atoms with Gasteiger partial charge in [-0.3, -0.25) is 9.59 Å². The van der Waals surface area contributed by atoms with Crippen LogP contribution in [0.4, 0.5) is 0 Å². The van der Waals surface area contributed by atoms with Crippen molar-refractivity contribution in [2.45, 2.75) is 124 Å². The van der Waals surface area contributed by atoms with Crippen LogP contribution in [0.25, 0.3) is 0 Å². The highest BCUT2D eigenvalue weighted by Gasteiger charge is 2.59. The molecule has 4 nitrogen and oxygen atoms in total. The number of carbonyl (C=O) groups is 2. The highest BCUT2D eigenvalue weighted by atomic mass is 16.5. The van der Waals surface area contributed by atoms with Gasteiger partial charge in [-0.1, -0.05) is 59.5 Å². The summed E-state index contributed by atoms with van der Waals surface area (Å²) in [5.74, 6) is 3.73. The van der Waals surface area contributed by atoms with E-state index in [4.69, 9.17) is 9.84 Å². The van der Waals surface area contributed by atoms with Crippen LogP contribution in [0.1, 0.15) is 118 Å². The number of carboxylic acid groups (broad SMARTS) is 1. The summed E-state index contributed by atoms with van der Waals surface area (Å²) < 4.78 is 5.67. The Morgan fingerprint density at radius 2 is 1.77 bits per heavy atom. The number of ether oxygens (including phenoxy) is 1. The van der Waals surface area contributed by atoms with Gasteiger partial charge >= 0.3 is 11.9 Å². The van der Waals surface area contributed by atoms with Crippen LogP contribution < -0.4 is 0 Å². The van der Waals surface area contributed by atoms with Crippen molar-refractivity contribution in [2.24, 2.45) is 46.3 Å². The lowest BCUT2D eigenvalue weighted by Crippen LogP contribution is -2.51. The van der Waals surface area contributed by atoms with Crippen molar-refractivity contribution in [3.8, 4) is 0 Å². The number of aliphatic carboxylic acids is 1. The first kappa shape index (κ1) is 26.7. The summed E-state index contributed by atoms with van der Waals surface area (Å²) in [6.07, 6.45) is 16.0. The molecule has 0 heterocycles. The third kappa shape index (κ3) is 5.37. The first-order chi connectivity index (χ1) is 16.5. The number of carboxylic acids is 1. The predicted octanol–water partition coefficient (Wildman–Crippen LogP) is 7.80. The van der Waals surface area contributed by atoms with E-state index in [9.17, 15) is 9.59 Å². The molecule has 8 atom stereocenters. The minimum absolute atomic E-state index is 0.0334. The predicted molar refractivity (Wildman–Crippen MR) is 140 cm³/mol. The fourth-order valence-corrected chi connectivity index (χ4v) is 9.25. The molecule has 0 aliphatic heterocycles. The molecule has 0 radical (unpaired) electrons. The third-order valence-corrected chi connectivity index (χ3v) is 11.1. The van der Waals surface area contributed by atoms with Crippen LogP contribution in [-0.2, 0) is 14.3 Å². The van der Waals surface area contributed by atoms with E-state index < -0.39 is 5.97 Å². The van der Waals surface area contributed by atoms with Gasteiger partial charge in [-0.25, -0.2) is 0 Å². The molecule has 0 aromatic rings. The maximum atomic E-state index is 12.1. The molecular weight excluding hydrogens is 436 g/mol. The van der Waals surface area contributed by atoms with E-state index >= 15 is 0 Å². The Labute approximate surface area is 213 Å². The lowest BCUT2D eigenvalue weighted by atomic mass is 9.46. The maximum absolute atomic E-state index is 12.1. The smallest absolute Gasteiger partial charge is 0.306 e. The molecule has 0 spiro atoms. The summed E-state index contributed by atoms with van der Waals surface area (Å²) in [5.41, 5.74) is 2.28. The quantitative estimate of drug-likeness (QED) is 0.267. The average molecular weight is 487 g/mol. The first-order valence-electron chi connectivity index (χ1n) is 14.7. The maximum Gasteiger partial charge on any atom is 0.306 e. The lowest BCUT2D eigenvalue weighted by Gasteiger charge is -2.59. The molecule has 1 N–H and O–H groups in total. The molecule has 4 heteroatoms. The molecule has 0 aromatic carbocycles. The summed E-state index contributed by atoms with van der Waals surface area (Å²) >= 11 is 0.